The van der Waals surface area contributed by atoms with Crippen LogP contribution in [0.15, 0.2) is 18.2 Å². The summed E-state index contributed by atoms with van der Waals surface area (Å²) in [6, 6.07) is 5.14. The van der Waals surface area contributed by atoms with Gasteiger partial charge in [0.05, 0.1) is 17.2 Å². The Hall–Kier alpha value is -1.06. The Labute approximate surface area is 99.3 Å². The number of para-hydroxylation sites is 1. The van der Waals surface area contributed by atoms with E-state index >= 15 is 0 Å². The minimum Gasteiger partial charge on any atom is -0.486 e. The maximum absolute atomic E-state index is 10.9. The van der Waals surface area contributed by atoms with Crippen molar-refractivity contribution >= 4 is 17.9 Å². The highest BCUT2D eigenvalue weighted by Gasteiger charge is 2.18. The molecule has 0 radical (unpaired) electrons. The van der Waals surface area contributed by atoms with Gasteiger partial charge in [0, 0.05) is 6.61 Å². The Morgan fingerprint density at radius 1 is 1.50 bits per heavy atom. The molecule has 1 aromatic carbocycles. The Bertz CT molecular complexity index is 373. The highest BCUT2D eigenvalue weighted by Crippen LogP contribution is 2.29. The quantitative estimate of drug-likeness (QED) is 0.762. The van der Waals surface area contributed by atoms with E-state index in [-0.39, 0.29) is 6.10 Å². The smallest absolute Gasteiger partial charge is 0.153 e. The fourth-order valence-electron chi connectivity index (χ4n) is 1.71. The van der Waals surface area contributed by atoms with E-state index in [1.807, 2.05) is 0 Å². The van der Waals surface area contributed by atoms with Crippen molar-refractivity contribution in [3.63, 3.8) is 0 Å². The minimum absolute atomic E-state index is 0.00708. The van der Waals surface area contributed by atoms with Crippen LogP contribution >= 0.6 is 11.6 Å². The van der Waals surface area contributed by atoms with E-state index in [0.29, 0.717) is 22.9 Å². The van der Waals surface area contributed by atoms with Gasteiger partial charge in [-0.3, -0.25) is 4.79 Å². The van der Waals surface area contributed by atoms with Crippen LogP contribution in [0, 0.1) is 0 Å². The number of ether oxygens (including phenoxy) is 2. The number of hydrogen-bond acceptors (Lipinski definition) is 3. The molecule has 4 heteroatoms. The van der Waals surface area contributed by atoms with E-state index in [4.69, 9.17) is 21.1 Å². The summed E-state index contributed by atoms with van der Waals surface area (Å²) in [5, 5.41) is 0.468. The summed E-state index contributed by atoms with van der Waals surface area (Å²) in [6.45, 7) is 1.34. The summed E-state index contributed by atoms with van der Waals surface area (Å²) in [6.07, 6.45) is 2.66. The van der Waals surface area contributed by atoms with E-state index in [1.165, 1.54) is 0 Å². The average Bonchev–Trinajstić information content (AvgIpc) is 2.33. The van der Waals surface area contributed by atoms with Crippen LogP contribution in [0.1, 0.15) is 23.2 Å². The molecular formula is C12H13ClO3. The number of halogens is 1. The van der Waals surface area contributed by atoms with Gasteiger partial charge in [-0.15, -0.1) is 0 Å². The predicted octanol–water partition coefficient (Wildman–Crippen LogP) is 2.71. The molecule has 1 atom stereocenters. The molecule has 1 fully saturated rings. The molecule has 0 aromatic heterocycles. The highest BCUT2D eigenvalue weighted by atomic mass is 35.5. The molecular weight excluding hydrogens is 228 g/mol. The molecule has 0 amide bonds. The summed E-state index contributed by atoms with van der Waals surface area (Å²) < 4.78 is 11.0. The summed E-state index contributed by atoms with van der Waals surface area (Å²) in [7, 11) is 0. The van der Waals surface area contributed by atoms with Crippen molar-refractivity contribution in [3.05, 3.63) is 28.8 Å². The number of carbonyl (C=O) groups excluding carboxylic acids is 1. The van der Waals surface area contributed by atoms with Gasteiger partial charge in [0.25, 0.3) is 0 Å². The lowest BCUT2D eigenvalue weighted by Gasteiger charge is -2.24. The molecule has 1 aliphatic rings. The topological polar surface area (TPSA) is 35.5 Å². The van der Waals surface area contributed by atoms with Gasteiger partial charge in [0.15, 0.2) is 6.29 Å². The first kappa shape index (κ1) is 11.4. The SMILES string of the molecule is O=Cc1cccc(Cl)c1OC1CCCOC1. The number of aldehydes is 1. The van der Waals surface area contributed by atoms with E-state index in [2.05, 4.69) is 0 Å². The van der Waals surface area contributed by atoms with Crippen molar-refractivity contribution in [1.82, 2.24) is 0 Å². The second-order valence-electron chi connectivity index (χ2n) is 3.73. The molecule has 86 valence electrons. The molecule has 16 heavy (non-hydrogen) atoms. The number of benzene rings is 1. The summed E-state index contributed by atoms with van der Waals surface area (Å²) in [5.41, 5.74) is 0.484. The first-order valence-electron chi connectivity index (χ1n) is 5.29. The Balaban J connectivity index is 2.15. The third-order valence-corrected chi connectivity index (χ3v) is 2.83. The van der Waals surface area contributed by atoms with Crippen LogP contribution in [0.25, 0.3) is 0 Å². The van der Waals surface area contributed by atoms with Crippen LogP contribution in [0.4, 0.5) is 0 Å². The molecule has 1 aromatic rings. The van der Waals surface area contributed by atoms with Crippen molar-refractivity contribution in [1.29, 1.82) is 0 Å². The lowest BCUT2D eigenvalue weighted by Crippen LogP contribution is -2.28. The molecule has 2 rings (SSSR count). The second kappa shape index (κ2) is 5.32. The third kappa shape index (κ3) is 2.54. The van der Waals surface area contributed by atoms with Crippen molar-refractivity contribution in [2.75, 3.05) is 13.2 Å². The maximum Gasteiger partial charge on any atom is 0.153 e. The number of rotatable bonds is 3. The Kier molecular flexibility index (Phi) is 3.80. The van der Waals surface area contributed by atoms with Gasteiger partial charge >= 0.3 is 0 Å². The normalized spacial score (nSPS) is 20.4. The fourth-order valence-corrected chi connectivity index (χ4v) is 1.94. The number of carbonyl (C=O) groups is 1. The molecule has 1 saturated heterocycles. The Morgan fingerprint density at radius 2 is 2.38 bits per heavy atom. The molecule has 0 spiro atoms. The maximum atomic E-state index is 10.9. The van der Waals surface area contributed by atoms with E-state index < -0.39 is 0 Å². The standard InChI is InChI=1S/C12H13ClO3/c13-11-5-1-3-9(7-14)12(11)16-10-4-2-6-15-8-10/h1,3,5,7,10H,2,4,6,8H2. The first-order valence-corrected chi connectivity index (χ1v) is 5.67. The molecule has 1 aliphatic heterocycles. The van der Waals surface area contributed by atoms with Gasteiger partial charge in [0.1, 0.15) is 11.9 Å². The summed E-state index contributed by atoms with van der Waals surface area (Å²) >= 11 is 6.00. The van der Waals surface area contributed by atoms with Crippen LogP contribution in [-0.2, 0) is 4.74 Å². The van der Waals surface area contributed by atoms with E-state index in [9.17, 15) is 4.79 Å². The van der Waals surface area contributed by atoms with Crippen LogP contribution in [0.3, 0.4) is 0 Å². The van der Waals surface area contributed by atoms with E-state index in [1.54, 1.807) is 18.2 Å². The van der Waals surface area contributed by atoms with Gasteiger partial charge in [-0.25, -0.2) is 0 Å². The molecule has 3 nitrogen and oxygen atoms in total. The molecule has 0 aliphatic carbocycles. The summed E-state index contributed by atoms with van der Waals surface area (Å²) in [4.78, 5) is 10.9. The zero-order valence-corrected chi connectivity index (χ0v) is 9.57. The number of hydrogen-bond donors (Lipinski definition) is 0. The van der Waals surface area contributed by atoms with Gasteiger partial charge in [-0.2, -0.15) is 0 Å². The first-order chi connectivity index (χ1) is 7.81. The van der Waals surface area contributed by atoms with Gasteiger partial charge in [-0.1, -0.05) is 17.7 Å². The zero-order valence-electron chi connectivity index (χ0n) is 8.82. The van der Waals surface area contributed by atoms with Crippen molar-refractivity contribution in [3.8, 4) is 5.75 Å². The van der Waals surface area contributed by atoms with Crippen molar-refractivity contribution in [2.24, 2.45) is 0 Å². The summed E-state index contributed by atoms with van der Waals surface area (Å²) in [5.74, 6) is 0.467. The average molecular weight is 241 g/mol. The van der Waals surface area contributed by atoms with Crippen LogP contribution in [0.2, 0.25) is 5.02 Å². The van der Waals surface area contributed by atoms with Crippen LogP contribution in [-0.4, -0.2) is 25.6 Å². The zero-order chi connectivity index (χ0) is 11.4. The van der Waals surface area contributed by atoms with Crippen molar-refractivity contribution < 1.29 is 14.3 Å². The molecule has 0 N–H and O–H groups in total. The van der Waals surface area contributed by atoms with Crippen molar-refractivity contribution in [2.45, 2.75) is 18.9 Å². The molecule has 0 saturated carbocycles. The predicted molar refractivity (Wildman–Crippen MR) is 61.3 cm³/mol. The van der Waals surface area contributed by atoms with Gasteiger partial charge in [0.2, 0.25) is 0 Å². The molecule has 1 unspecified atom stereocenters. The monoisotopic (exact) mass is 240 g/mol. The van der Waals surface area contributed by atoms with E-state index in [0.717, 1.165) is 25.7 Å². The minimum atomic E-state index is -0.00708. The highest BCUT2D eigenvalue weighted by molar-refractivity contribution is 6.32. The Morgan fingerprint density at radius 3 is 3.06 bits per heavy atom. The largest absolute Gasteiger partial charge is 0.486 e. The third-order valence-electron chi connectivity index (χ3n) is 2.53. The lowest BCUT2D eigenvalue weighted by atomic mass is 10.1. The fraction of sp³-hybridized carbons (Fsp3) is 0.417. The molecule has 1 heterocycles. The van der Waals surface area contributed by atoms with Gasteiger partial charge in [-0.05, 0) is 25.0 Å². The van der Waals surface area contributed by atoms with Crippen LogP contribution in [0.5, 0.6) is 5.75 Å². The second-order valence-corrected chi connectivity index (χ2v) is 4.14. The molecule has 0 bridgehead atoms. The lowest BCUT2D eigenvalue weighted by molar-refractivity contribution is 0.00724. The van der Waals surface area contributed by atoms with Gasteiger partial charge < -0.3 is 9.47 Å². The van der Waals surface area contributed by atoms with Crippen LogP contribution < -0.4 is 4.74 Å².